The maximum Gasteiger partial charge on any atom is 0.407 e. The van der Waals surface area contributed by atoms with Crippen molar-refractivity contribution in [2.24, 2.45) is 11.8 Å². The smallest absolute Gasteiger partial charge is 0.407 e. The second-order valence-electron chi connectivity index (χ2n) is 19.8. The van der Waals surface area contributed by atoms with Gasteiger partial charge in [0.2, 0.25) is 17.7 Å². The molecule has 2 aliphatic carbocycles. The lowest BCUT2D eigenvalue weighted by molar-refractivity contribution is -0.131. The first kappa shape index (κ1) is 53.1. The van der Waals surface area contributed by atoms with E-state index in [4.69, 9.17) is 9.47 Å². The van der Waals surface area contributed by atoms with Gasteiger partial charge < -0.3 is 35.2 Å². The molecule has 4 unspecified atom stereocenters. The summed E-state index contributed by atoms with van der Waals surface area (Å²) < 4.78 is 11.2. The predicted octanol–water partition coefficient (Wildman–Crippen LogP) is 11.1. The van der Waals surface area contributed by atoms with Gasteiger partial charge in [0.25, 0.3) is 0 Å². The molecule has 0 radical (unpaired) electrons. The number of fused-ring (bicyclic) bond motifs is 2. The lowest BCUT2D eigenvalue weighted by atomic mass is 9.51. The number of aryl methyl sites for hydroxylation is 1. The zero-order chi connectivity index (χ0) is 47.4. The molecule has 4 amide bonds. The fourth-order valence-electron chi connectivity index (χ4n) is 9.47. The largest absolute Gasteiger partial charge is 0.444 e. The Morgan fingerprint density at radius 3 is 1.95 bits per heavy atom. The average molecular weight is 898 g/mol. The highest BCUT2D eigenvalue weighted by Crippen LogP contribution is 2.58. The maximum absolute atomic E-state index is 14.1. The maximum atomic E-state index is 14.1. The third kappa shape index (κ3) is 16.7. The van der Waals surface area contributed by atoms with Crippen molar-refractivity contribution in [1.29, 1.82) is 0 Å². The Kier molecular flexibility index (Phi) is 21.8. The molecular formula is C54H83N5O6. The quantitative estimate of drug-likeness (QED) is 0.0762. The number of benzene rings is 2. The number of hydrogen-bond acceptors (Lipinski definition) is 7. The Bertz CT molecular complexity index is 1900. The minimum atomic E-state index is -0.657. The molecule has 11 heteroatoms. The number of carbonyl (C=O) groups is 4. The van der Waals surface area contributed by atoms with E-state index in [1.54, 1.807) is 4.90 Å². The van der Waals surface area contributed by atoms with Gasteiger partial charge in [-0.15, -0.1) is 0 Å². The molecule has 0 saturated carbocycles. The predicted molar refractivity (Wildman–Crippen MR) is 266 cm³/mol. The summed E-state index contributed by atoms with van der Waals surface area (Å²) in [5.74, 6) is 0.423. The fraction of sp³-hybridized carbons (Fsp3) is 0.630. The van der Waals surface area contributed by atoms with E-state index >= 15 is 0 Å². The van der Waals surface area contributed by atoms with Gasteiger partial charge in [-0.2, -0.15) is 0 Å². The molecule has 4 rings (SSSR count). The molecule has 3 N–H and O–H groups in total. The first-order chi connectivity index (χ1) is 31.0. The molecule has 0 aliphatic heterocycles. The first-order valence-electron chi connectivity index (χ1n) is 24.7. The minimum Gasteiger partial charge on any atom is -0.444 e. The molecule has 65 heavy (non-hydrogen) atoms. The third-order valence-electron chi connectivity index (χ3n) is 13.1. The Labute approximate surface area is 391 Å². The van der Waals surface area contributed by atoms with Crippen LogP contribution in [-0.2, 0) is 29.3 Å². The van der Waals surface area contributed by atoms with Crippen LogP contribution in [0.3, 0.4) is 0 Å². The van der Waals surface area contributed by atoms with Crippen molar-refractivity contribution >= 4 is 35.2 Å². The molecule has 4 atom stereocenters. The highest BCUT2D eigenvalue weighted by Gasteiger charge is 2.51. The van der Waals surface area contributed by atoms with E-state index in [2.05, 4.69) is 90.2 Å². The van der Waals surface area contributed by atoms with Gasteiger partial charge in [-0.05, 0) is 132 Å². The summed E-state index contributed by atoms with van der Waals surface area (Å²) in [5, 5.41) is 9.30. The van der Waals surface area contributed by atoms with Gasteiger partial charge >= 0.3 is 6.09 Å². The van der Waals surface area contributed by atoms with Crippen molar-refractivity contribution in [2.45, 2.75) is 155 Å². The van der Waals surface area contributed by atoms with Crippen LogP contribution in [0.1, 0.15) is 159 Å². The lowest BCUT2D eigenvalue weighted by Crippen LogP contribution is -2.47. The number of amides is 4. The highest BCUT2D eigenvalue weighted by atomic mass is 16.6. The molecule has 0 spiro atoms. The van der Waals surface area contributed by atoms with E-state index in [-0.39, 0.29) is 35.5 Å². The molecule has 2 aliphatic rings. The van der Waals surface area contributed by atoms with Gasteiger partial charge in [0, 0.05) is 62.7 Å². The molecule has 0 bridgehead atoms. The monoisotopic (exact) mass is 898 g/mol. The van der Waals surface area contributed by atoms with Crippen LogP contribution in [0.15, 0.2) is 60.7 Å². The number of nitrogens with one attached hydrogen (secondary N) is 3. The van der Waals surface area contributed by atoms with Gasteiger partial charge in [0.05, 0.1) is 13.2 Å². The Morgan fingerprint density at radius 2 is 1.31 bits per heavy atom. The van der Waals surface area contributed by atoms with Crippen LogP contribution in [0, 0.1) is 18.8 Å². The number of unbranched alkanes of at least 4 members (excludes halogenated alkanes) is 9. The third-order valence-corrected chi connectivity index (χ3v) is 13.1. The molecule has 0 fully saturated rings. The van der Waals surface area contributed by atoms with Gasteiger partial charge in [-0.25, -0.2) is 4.79 Å². The summed E-state index contributed by atoms with van der Waals surface area (Å²) in [6, 6.07) is 12.6. The second-order valence-corrected chi connectivity index (χ2v) is 19.8. The number of alkyl carbamates (subject to hydrolysis) is 1. The van der Waals surface area contributed by atoms with Crippen LogP contribution in [0.4, 0.5) is 16.2 Å². The number of rotatable bonds is 27. The van der Waals surface area contributed by atoms with E-state index in [0.717, 1.165) is 86.0 Å². The van der Waals surface area contributed by atoms with Gasteiger partial charge in [0.15, 0.2) is 0 Å². The molecule has 2 aromatic rings. The van der Waals surface area contributed by atoms with E-state index in [1.807, 2.05) is 54.0 Å². The van der Waals surface area contributed by atoms with Gasteiger partial charge in [-0.1, -0.05) is 102 Å². The Balaban J connectivity index is 1.59. The molecule has 0 aromatic heterocycles. The highest BCUT2D eigenvalue weighted by molar-refractivity contribution is 5.92. The summed E-state index contributed by atoms with van der Waals surface area (Å²) in [5.41, 5.74) is 4.83. The molecule has 0 heterocycles. The Morgan fingerprint density at radius 1 is 0.723 bits per heavy atom. The number of likely N-dealkylation sites (N-methyl/N-ethyl adjacent to an activating group) is 2. The number of allylic oxidation sites excluding steroid dienone is 4. The summed E-state index contributed by atoms with van der Waals surface area (Å²) in [6.45, 7) is 15.1. The zero-order valence-electron chi connectivity index (χ0n) is 41.5. The van der Waals surface area contributed by atoms with Gasteiger partial charge in [-0.3, -0.25) is 14.4 Å². The van der Waals surface area contributed by atoms with Crippen LogP contribution < -0.4 is 16.0 Å². The van der Waals surface area contributed by atoms with Crippen LogP contribution >= 0.6 is 0 Å². The van der Waals surface area contributed by atoms with E-state index in [9.17, 15) is 19.2 Å². The van der Waals surface area contributed by atoms with Crippen molar-refractivity contribution in [3.05, 3.63) is 83.0 Å². The van der Waals surface area contributed by atoms with Crippen LogP contribution in [-0.4, -0.2) is 93.2 Å². The van der Waals surface area contributed by atoms with Crippen molar-refractivity contribution in [3.63, 3.8) is 0 Å². The molecular weight excluding hydrogens is 815 g/mol. The molecule has 11 nitrogen and oxygen atoms in total. The Hall–Kier alpha value is -4.48. The second kappa shape index (κ2) is 26.6. The average Bonchev–Trinajstić information content (AvgIpc) is 3.25. The normalized spacial score (nSPS) is 18.8. The topological polar surface area (TPSA) is 129 Å². The van der Waals surface area contributed by atoms with E-state index < -0.39 is 17.1 Å². The van der Waals surface area contributed by atoms with Crippen molar-refractivity contribution < 1.29 is 28.7 Å². The van der Waals surface area contributed by atoms with Crippen molar-refractivity contribution in [3.8, 4) is 0 Å². The van der Waals surface area contributed by atoms with Crippen LogP contribution in [0.2, 0.25) is 0 Å². The number of carbonyl (C=O) groups excluding carboxylic acids is 4. The SMILES string of the molecule is CCCCCCCCC(=O)Nc1ccc2c(c1)C(CCC(=O)N(C)CCOCCN(C)C)(c1cc(NC(=O)CCCCCCCNC(=O)OC(C)(C)C)ccc1C)C1C=CC=CC1C2C. The van der Waals surface area contributed by atoms with E-state index in [0.29, 0.717) is 52.0 Å². The molecule has 0 saturated heterocycles. The first-order valence-corrected chi connectivity index (χ1v) is 24.7. The summed E-state index contributed by atoms with van der Waals surface area (Å²) in [7, 11) is 5.89. The zero-order valence-corrected chi connectivity index (χ0v) is 41.5. The lowest BCUT2D eigenvalue weighted by Gasteiger charge is -2.52. The summed E-state index contributed by atoms with van der Waals surface area (Å²) >= 11 is 0. The van der Waals surface area contributed by atoms with Crippen LogP contribution in [0.25, 0.3) is 0 Å². The number of ether oxygens (including phenoxy) is 2. The number of nitrogens with zero attached hydrogens (tertiary/aromatic N) is 2. The van der Waals surface area contributed by atoms with E-state index in [1.165, 1.54) is 24.8 Å². The van der Waals surface area contributed by atoms with Crippen LogP contribution in [0.5, 0.6) is 0 Å². The standard InChI is InChI=1S/C54H83N5O6/c1-10-11-12-13-15-18-25-50(61)57-43-29-30-45-41(3)44-23-20-21-24-46(44)54(48(45)39-43,32-31-51(62)59(9)35-37-64-36-34-58(7)8)47-38-42(28-27-40(47)2)56-49(60)26-19-16-14-17-22-33-55-52(63)65-53(4,5)6/h20-21,23-24,27-30,38-39,41,44,46H,10-19,22,25-26,31-37H2,1-9H3,(H,55,63)(H,56,60)(H,57,61). The molecule has 2 aromatic carbocycles. The molecule has 360 valence electrons. The van der Waals surface area contributed by atoms with Crippen molar-refractivity contribution in [2.75, 3.05) is 64.6 Å². The van der Waals surface area contributed by atoms with Crippen molar-refractivity contribution in [1.82, 2.24) is 15.1 Å². The number of hydrogen-bond donors (Lipinski definition) is 3. The minimum absolute atomic E-state index is 0.0144. The fourth-order valence-corrected chi connectivity index (χ4v) is 9.47. The number of anilines is 2. The summed E-state index contributed by atoms with van der Waals surface area (Å²) in [6.07, 6.45) is 21.4. The summed E-state index contributed by atoms with van der Waals surface area (Å²) in [4.78, 5) is 56.8. The van der Waals surface area contributed by atoms with Gasteiger partial charge in [0.1, 0.15) is 5.60 Å².